The summed E-state index contributed by atoms with van der Waals surface area (Å²) in [5.74, 6) is 0.221. The number of hydrogen-bond acceptors (Lipinski definition) is 3. The lowest BCUT2D eigenvalue weighted by Crippen LogP contribution is -2.10. The first-order valence-corrected chi connectivity index (χ1v) is 3.85. The molecule has 0 aliphatic rings. The molecule has 0 bridgehead atoms. The lowest BCUT2D eigenvalue weighted by molar-refractivity contribution is 0.744. The molecule has 3 nitrogen and oxygen atoms in total. The average Bonchev–Trinajstić information content (AvgIpc) is 2.17. The molecule has 1 atom stereocenters. The van der Waals surface area contributed by atoms with E-state index in [1.807, 2.05) is 25.1 Å². The molecule has 1 rings (SSSR count). The highest BCUT2D eigenvalue weighted by atomic mass is 35.5. The molecule has 1 heterocycles. The van der Waals surface area contributed by atoms with Crippen LogP contribution in [0.3, 0.4) is 0 Å². The van der Waals surface area contributed by atoms with E-state index in [-0.39, 0.29) is 18.3 Å². The first-order chi connectivity index (χ1) is 5.77. The van der Waals surface area contributed by atoms with Crippen molar-refractivity contribution in [2.45, 2.75) is 12.8 Å². The number of aromatic nitrogens is 1. The summed E-state index contributed by atoms with van der Waals surface area (Å²) in [5, 5.41) is 8.57. The summed E-state index contributed by atoms with van der Waals surface area (Å²) in [6.07, 6.45) is 0. The van der Waals surface area contributed by atoms with E-state index in [4.69, 9.17) is 11.0 Å². The third kappa shape index (κ3) is 3.02. The zero-order valence-corrected chi connectivity index (χ0v) is 8.21. The van der Waals surface area contributed by atoms with E-state index in [2.05, 4.69) is 4.98 Å². The van der Waals surface area contributed by atoms with E-state index in [0.717, 1.165) is 5.69 Å². The van der Waals surface area contributed by atoms with Gasteiger partial charge in [0.05, 0.1) is 0 Å². The topological polar surface area (TPSA) is 62.7 Å². The van der Waals surface area contributed by atoms with Gasteiger partial charge in [-0.2, -0.15) is 5.26 Å². The second-order valence-electron chi connectivity index (χ2n) is 2.70. The Morgan fingerprint density at radius 1 is 1.62 bits per heavy atom. The molecule has 13 heavy (non-hydrogen) atoms. The predicted molar refractivity (Wildman–Crippen MR) is 53.7 cm³/mol. The van der Waals surface area contributed by atoms with Gasteiger partial charge < -0.3 is 5.73 Å². The molecule has 0 aliphatic carbocycles. The number of nitrogens with two attached hydrogens (primary N) is 1. The standard InChI is InChI=1S/C9H11N3.ClH/c1-7(5-10)9-4-2-3-8(6-11)12-9;/h2-4,7H,5,10H2,1H3;1H. The van der Waals surface area contributed by atoms with Gasteiger partial charge in [-0.25, -0.2) is 4.98 Å². The molecular weight excluding hydrogens is 186 g/mol. The van der Waals surface area contributed by atoms with Gasteiger partial charge in [-0.1, -0.05) is 13.0 Å². The maximum atomic E-state index is 8.57. The van der Waals surface area contributed by atoms with Crippen LogP contribution in [0.1, 0.15) is 24.2 Å². The van der Waals surface area contributed by atoms with E-state index in [0.29, 0.717) is 12.2 Å². The normalized spacial score (nSPS) is 11.2. The van der Waals surface area contributed by atoms with Crippen LogP contribution in [0, 0.1) is 11.3 Å². The van der Waals surface area contributed by atoms with E-state index >= 15 is 0 Å². The Labute approximate surface area is 84.0 Å². The minimum absolute atomic E-state index is 0. The van der Waals surface area contributed by atoms with Crippen LogP contribution in [0.2, 0.25) is 0 Å². The monoisotopic (exact) mass is 197 g/mol. The Morgan fingerprint density at radius 2 is 2.31 bits per heavy atom. The maximum absolute atomic E-state index is 8.57. The van der Waals surface area contributed by atoms with Crippen LogP contribution in [-0.2, 0) is 0 Å². The zero-order chi connectivity index (χ0) is 8.97. The Balaban J connectivity index is 0.00000144. The number of nitriles is 1. The third-order valence-corrected chi connectivity index (χ3v) is 1.74. The Morgan fingerprint density at radius 3 is 2.85 bits per heavy atom. The molecule has 4 heteroatoms. The van der Waals surface area contributed by atoms with Crippen LogP contribution in [0.15, 0.2) is 18.2 Å². The van der Waals surface area contributed by atoms with Gasteiger partial charge >= 0.3 is 0 Å². The Hall–Kier alpha value is -1.11. The highest BCUT2D eigenvalue weighted by Gasteiger charge is 2.04. The zero-order valence-electron chi connectivity index (χ0n) is 7.40. The van der Waals surface area contributed by atoms with Crippen LogP contribution in [0.5, 0.6) is 0 Å². The molecular formula is C9H12ClN3. The van der Waals surface area contributed by atoms with E-state index < -0.39 is 0 Å². The minimum atomic E-state index is 0. The van der Waals surface area contributed by atoms with Crippen molar-refractivity contribution >= 4 is 12.4 Å². The van der Waals surface area contributed by atoms with Gasteiger partial charge in [0, 0.05) is 18.2 Å². The molecule has 0 aromatic carbocycles. The highest BCUT2D eigenvalue weighted by Crippen LogP contribution is 2.10. The van der Waals surface area contributed by atoms with Crippen LogP contribution in [-0.4, -0.2) is 11.5 Å². The summed E-state index contributed by atoms with van der Waals surface area (Å²) < 4.78 is 0. The quantitative estimate of drug-likeness (QED) is 0.781. The summed E-state index contributed by atoms with van der Waals surface area (Å²) in [5.41, 5.74) is 6.81. The molecule has 70 valence electrons. The molecule has 0 saturated carbocycles. The van der Waals surface area contributed by atoms with Crippen molar-refractivity contribution in [3.8, 4) is 6.07 Å². The summed E-state index contributed by atoms with van der Waals surface area (Å²) in [6, 6.07) is 7.40. The summed E-state index contributed by atoms with van der Waals surface area (Å²) in [6.45, 7) is 2.55. The van der Waals surface area contributed by atoms with Crippen molar-refractivity contribution in [2.24, 2.45) is 5.73 Å². The lowest BCUT2D eigenvalue weighted by Gasteiger charge is -2.06. The number of hydrogen-bond donors (Lipinski definition) is 1. The lowest BCUT2D eigenvalue weighted by atomic mass is 10.1. The average molecular weight is 198 g/mol. The van der Waals surface area contributed by atoms with Crippen LogP contribution < -0.4 is 5.73 Å². The first-order valence-electron chi connectivity index (χ1n) is 3.85. The Kier molecular flexibility index (Phi) is 5.05. The van der Waals surface area contributed by atoms with E-state index in [1.165, 1.54) is 0 Å². The first kappa shape index (κ1) is 11.9. The van der Waals surface area contributed by atoms with E-state index in [1.54, 1.807) is 6.07 Å². The Bertz CT molecular complexity index is 306. The molecule has 0 fully saturated rings. The largest absolute Gasteiger partial charge is 0.330 e. The van der Waals surface area contributed by atoms with Gasteiger partial charge in [-0.15, -0.1) is 12.4 Å². The van der Waals surface area contributed by atoms with Gasteiger partial charge in [-0.3, -0.25) is 0 Å². The van der Waals surface area contributed by atoms with E-state index in [9.17, 15) is 0 Å². The number of rotatable bonds is 2. The molecule has 2 N–H and O–H groups in total. The molecule has 0 spiro atoms. The van der Waals surface area contributed by atoms with Crippen molar-refractivity contribution in [2.75, 3.05) is 6.54 Å². The fraction of sp³-hybridized carbons (Fsp3) is 0.333. The highest BCUT2D eigenvalue weighted by molar-refractivity contribution is 5.85. The van der Waals surface area contributed by atoms with Gasteiger partial charge in [0.1, 0.15) is 11.8 Å². The summed E-state index contributed by atoms with van der Waals surface area (Å²) in [7, 11) is 0. The van der Waals surface area contributed by atoms with Crippen molar-refractivity contribution < 1.29 is 0 Å². The molecule has 1 aromatic rings. The number of halogens is 1. The van der Waals surface area contributed by atoms with Gasteiger partial charge in [0.15, 0.2) is 0 Å². The van der Waals surface area contributed by atoms with Gasteiger partial charge in [-0.05, 0) is 12.1 Å². The molecule has 0 amide bonds. The van der Waals surface area contributed by atoms with Crippen LogP contribution >= 0.6 is 12.4 Å². The molecule has 1 unspecified atom stereocenters. The summed E-state index contributed by atoms with van der Waals surface area (Å²) in [4.78, 5) is 4.12. The second-order valence-corrected chi connectivity index (χ2v) is 2.70. The van der Waals surface area contributed by atoms with Crippen molar-refractivity contribution in [1.82, 2.24) is 4.98 Å². The van der Waals surface area contributed by atoms with Crippen LogP contribution in [0.4, 0.5) is 0 Å². The maximum Gasteiger partial charge on any atom is 0.140 e. The number of pyridine rings is 1. The molecule has 0 aliphatic heterocycles. The molecule has 0 saturated heterocycles. The SMILES string of the molecule is CC(CN)c1cccc(C#N)n1.Cl. The third-order valence-electron chi connectivity index (χ3n) is 1.74. The van der Waals surface area contributed by atoms with Gasteiger partial charge in [0.25, 0.3) is 0 Å². The smallest absolute Gasteiger partial charge is 0.140 e. The second kappa shape index (κ2) is 5.52. The minimum Gasteiger partial charge on any atom is -0.330 e. The van der Waals surface area contributed by atoms with Crippen molar-refractivity contribution in [3.63, 3.8) is 0 Å². The number of nitrogens with zero attached hydrogens (tertiary/aromatic N) is 2. The molecule has 0 radical (unpaired) electrons. The van der Waals surface area contributed by atoms with Crippen molar-refractivity contribution in [1.29, 1.82) is 5.26 Å². The molecule has 1 aromatic heterocycles. The fourth-order valence-electron chi connectivity index (χ4n) is 0.909. The van der Waals surface area contributed by atoms with Crippen LogP contribution in [0.25, 0.3) is 0 Å². The summed E-state index contributed by atoms with van der Waals surface area (Å²) >= 11 is 0. The van der Waals surface area contributed by atoms with Crippen molar-refractivity contribution in [3.05, 3.63) is 29.6 Å². The van der Waals surface area contributed by atoms with Gasteiger partial charge in [0.2, 0.25) is 0 Å². The predicted octanol–water partition coefficient (Wildman–Crippen LogP) is 1.44. The fourth-order valence-corrected chi connectivity index (χ4v) is 0.909.